The molecule has 25 heavy (non-hydrogen) atoms. The molecule has 3 N–H and O–H groups in total. The van der Waals surface area contributed by atoms with Crippen LogP contribution in [0, 0.1) is 5.92 Å². The minimum atomic E-state index is -0.656. The third-order valence-electron chi connectivity index (χ3n) is 4.35. The van der Waals surface area contributed by atoms with Crippen molar-refractivity contribution in [3.05, 3.63) is 65.7 Å². The minimum Gasteiger partial charge on any atom is -0.326 e. The molecule has 2 aromatic carbocycles. The van der Waals surface area contributed by atoms with Gasteiger partial charge in [0.25, 0.3) is 5.91 Å². The molecule has 1 unspecified atom stereocenters. The molecule has 0 saturated heterocycles. The number of carbonyl (C=O) groups excluding carboxylic acids is 2. The average Bonchev–Trinajstić information content (AvgIpc) is 2.64. The number of benzene rings is 2. The Bertz CT molecular complexity index is 712. The number of rotatable bonds is 7. The van der Waals surface area contributed by atoms with E-state index < -0.39 is 11.8 Å². The first kappa shape index (κ1) is 18.7. The van der Waals surface area contributed by atoms with Crippen LogP contribution in [0.5, 0.6) is 0 Å². The van der Waals surface area contributed by atoms with Crippen molar-refractivity contribution in [3.63, 3.8) is 0 Å². The van der Waals surface area contributed by atoms with E-state index in [1.165, 1.54) is 0 Å². The zero-order valence-corrected chi connectivity index (χ0v) is 14.5. The van der Waals surface area contributed by atoms with Gasteiger partial charge in [-0.3, -0.25) is 14.8 Å². The largest absolute Gasteiger partial charge is 0.326 e. The summed E-state index contributed by atoms with van der Waals surface area (Å²) in [6.45, 7) is 3.97. The summed E-state index contributed by atoms with van der Waals surface area (Å²) in [4.78, 5) is 24.5. The number of hydrogen-bond acceptors (Lipinski definition) is 3. The topological polar surface area (TPSA) is 78.4 Å². The maximum absolute atomic E-state index is 12.3. The zero-order chi connectivity index (χ0) is 18.2. The fourth-order valence-electron chi connectivity index (χ4n) is 2.91. The van der Waals surface area contributed by atoms with Crippen LogP contribution >= 0.6 is 0 Å². The van der Waals surface area contributed by atoms with E-state index in [0.29, 0.717) is 11.3 Å². The lowest BCUT2D eigenvalue weighted by molar-refractivity contribution is -0.129. The van der Waals surface area contributed by atoms with Crippen molar-refractivity contribution in [2.75, 3.05) is 5.32 Å². The molecule has 0 fully saturated rings. The molecular formula is C20H24N2O3. The highest BCUT2D eigenvalue weighted by atomic mass is 16.5. The summed E-state index contributed by atoms with van der Waals surface area (Å²) >= 11 is 0. The molecule has 0 aromatic heterocycles. The zero-order valence-electron chi connectivity index (χ0n) is 14.5. The van der Waals surface area contributed by atoms with Gasteiger partial charge >= 0.3 is 0 Å². The molecule has 0 aliphatic rings. The molecule has 132 valence electrons. The first-order valence-electron chi connectivity index (χ1n) is 8.50. The average molecular weight is 340 g/mol. The summed E-state index contributed by atoms with van der Waals surface area (Å²) in [6, 6.07) is 16.4. The fourth-order valence-corrected chi connectivity index (χ4v) is 2.91. The van der Waals surface area contributed by atoms with Crippen LogP contribution < -0.4 is 10.8 Å². The fraction of sp³-hybridized carbons (Fsp3) is 0.300. The van der Waals surface area contributed by atoms with Crippen LogP contribution in [0.3, 0.4) is 0 Å². The van der Waals surface area contributed by atoms with E-state index in [0.717, 1.165) is 18.4 Å². The third kappa shape index (κ3) is 4.67. The minimum absolute atomic E-state index is 0.0231. The van der Waals surface area contributed by atoms with Gasteiger partial charge in [-0.2, -0.15) is 0 Å². The van der Waals surface area contributed by atoms with Crippen molar-refractivity contribution in [2.24, 2.45) is 5.92 Å². The Morgan fingerprint density at radius 1 is 0.920 bits per heavy atom. The van der Waals surface area contributed by atoms with Crippen molar-refractivity contribution < 1.29 is 14.8 Å². The highest BCUT2D eigenvalue weighted by Gasteiger charge is 2.23. The van der Waals surface area contributed by atoms with Gasteiger partial charge in [0.15, 0.2) is 0 Å². The first-order chi connectivity index (χ1) is 12.1. The summed E-state index contributed by atoms with van der Waals surface area (Å²) in [7, 11) is 0. The summed E-state index contributed by atoms with van der Waals surface area (Å²) in [6.07, 6.45) is 1.56. The Morgan fingerprint density at radius 2 is 1.56 bits per heavy atom. The molecule has 0 saturated carbocycles. The molecule has 0 heterocycles. The Hall–Kier alpha value is -2.66. The lowest BCUT2D eigenvalue weighted by Gasteiger charge is -2.18. The summed E-state index contributed by atoms with van der Waals surface area (Å²) in [5.74, 6) is -1.23. The Labute approximate surface area is 148 Å². The van der Waals surface area contributed by atoms with E-state index in [1.807, 2.05) is 44.2 Å². The number of hydrogen-bond donors (Lipinski definition) is 3. The number of carbonyl (C=O) groups is 2. The van der Waals surface area contributed by atoms with Gasteiger partial charge in [0.1, 0.15) is 0 Å². The smallest absolute Gasteiger partial charge is 0.255 e. The van der Waals surface area contributed by atoms with E-state index in [2.05, 4.69) is 5.32 Å². The van der Waals surface area contributed by atoms with Crippen LogP contribution in [0.1, 0.15) is 43.7 Å². The maximum Gasteiger partial charge on any atom is 0.255 e. The second kappa shape index (κ2) is 8.99. The summed E-state index contributed by atoms with van der Waals surface area (Å²) in [5.41, 5.74) is 3.83. The molecular weight excluding hydrogens is 316 g/mol. The van der Waals surface area contributed by atoms with Crippen molar-refractivity contribution in [3.8, 4) is 0 Å². The maximum atomic E-state index is 12.3. The van der Waals surface area contributed by atoms with Gasteiger partial charge in [-0.1, -0.05) is 56.3 Å². The Balaban J connectivity index is 2.31. The second-order valence-electron chi connectivity index (χ2n) is 5.95. The highest BCUT2D eigenvalue weighted by Crippen LogP contribution is 2.27. The van der Waals surface area contributed by atoms with E-state index in [4.69, 9.17) is 5.21 Å². The van der Waals surface area contributed by atoms with Gasteiger partial charge in [0.05, 0.1) is 5.92 Å². The van der Waals surface area contributed by atoms with Crippen LogP contribution in [-0.4, -0.2) is 17.0 Å². The molecule has 0 aliphatic carbocycles. The van der Waals surface area contributed by atoms with Gasteiger partial charge in [-0.25, -0.2) is 5.48 Å². The first-order valence-corrected chi connectivity index (χ1v) is 8.50. The number of anilines is 1. The SMILES string of the molecule is CCC(CC)C(=O)Nc1cccc(C(C(=O)NO)c2ccccc2)c1. The summed E-state index contributed by atoms with van der Waals surface area (Å²) < 4.78 is 0. The number of amides is 2. The number of nitrogens with one attached hydrogen (secondary N) is 2. The van der Waals surface area contributed by atoms with Crippen LogP contribution in [-0.2, 0) is 9.59 Å². The van der Waals surface area contributed by atoms with Gasteiger partial charge in [0, 0.05) is 11.6 Å². The van der Waals surface area contributed by atoms with Gasteiger partial charge in [-0.15, -0.1) is 0 Å². The third-order valence-corrected chi connectivity index (χ3v) is 4.35. The second-order valence-corrected chi connectivity index (χ2v) is 5.95. The predicted molar refractivity (Wildman–Crippen MR) is 97.4 cm³/mol. The molecule has 2 amide bonds. The van der Waals surface area contributed by atoms with Gasteiger partial charge in [0.2, 0.25) is 5.91 Å². The van der Waals surface area contributed by atoms with Crippen LogP contribution in [0.4, 0.5) is 5.69 Å². The van der Waals surface area contributed by atoms with Crippen molar-refractivity contribution in [1.82, 2.24) is 5.48 Å². The van der Waals surface area contributed by atoms with E-state index in [9.17, 15) is 9.59 Å². The van der Waals surface area contributed by atoms with Crippen LogP contribution in [0.2, 0.25) is 0 Å². The molecule has 0 bridgehead atoms. The molecule has 0 spiro atoms. The predicted octanol–water partition coefficient (Wildman–Crippen LogP) is 3.70. The van der Waals surface area contributed by atoms with E-state index in [-0.39, 0.29) is 11.8 Å². The van der Waals surface area contributed by atoms with Gasteiger partial charge < -0.3 is 5.32 Å². The van der Waals surface area contributed by atoms with Crippen molar-refractivity contribution >= 4 is 17.5 Å². The standard InChI is InChI=1S/C20H24N2O3/c1-3-14(4-2)19(23)21-17-12-8-11-16(13-17)18(20(24)22-25)15-9-6-5-7-10-15/h5-14,18,25H,3-4H2,1-2H3,(H,21,23)(H,22,24). The molecule has 2 rings (SSSR count). The van der Waals surface area contributed by atoms with Crippen LogP contribution in [0.25, 0.3) is 0 Å². The van der Waals surface area contributed by atoms with Gasteiger partial charge in [-0.05, 0) is 36.1 Å². The van der Waals surface area contributed by atoms with E-state index in [1.54, 1.807) is 29.7 Å². The summed E-state index contributed by atoms with van der Waals surface area (Å²) in [5, 5.41) is 12.0. The Morgan fingerprint density at radius 3 is 2.16 bits per heavy atom. The lowest BCUT2D eigenvalue weighted by atomic mass is 9.90. The molecule has 2 aromatic rings. The van der Waals surface area contributed by atoms with E-state index >= 15 is 0 Å². The highest BCUT2D eigenvalue weighted by molar-refractivity contribution is 5.93. The molecule has 0 aliphatic heterocycles. The van der Waals surface area contributed by atoms with Crippen molar-refractivity contribution in [2.45, 2.75) is 32.6 Å². The molecule has 1 atom stereocenters. The molecule has 5 heteroatoms. The monoisotopic (exact) mass is 340 g/mol. The normalized spacial score (nSPS) is 11.8. The quantitative estimate of drug-likeness (QED) is 0.531. The molecule has 0 radical (unpaired) electrons. The van der Waals surface area contributed by atoms with Crippen LogP contribution in [0.15, 0.2) is 54.6 Å². The lowest BCUT2D eigenvalue weighted by Crippen LogP contribution is -2.27. The van der Waals surface area contributed by atoms with Crippen molar-refractivity contribution in [1.29, 1.82) is 0 Å². The number of hydroxylamine groups is 1. The molecule has 5 nitrogen and oxygen atoms in total. The Kier molecular flexibility index (Phi) is 6.71.